The predicted molar refractivity (Wildman–Crippen MR) is 97.5 cm³/mol. The largest absolute Gasteiger partial charge is 0.450 e. The minimum atomic E-state index is -0.654. The van der Waals surface area contributed by atoms with Crippen molar-refractivity contribution in [2.24, 2.45) is 0 Å². The van der Waals surface area contributed by atoms with E-state index >= 15 is 0 Å². The van der Waals surface area contributed by atoms with Gasteiger partial charge in [0.1, 0.15) is 0 Å². The van der Waals surface area contributed by atoms with Crippen LogP contribution in [0.15, 0.2) is 52.3 Å². The molecule has 1 aromatic carbocycles. The highest BCUT2D eigenvalue weighted by atomic mass is 32.1. The van der Waals surface area contributed by atoms with Crippen LogP contribution in [-0.2, 0) is 17.8 Å². The zero-order valence-electron chi connectivity index (χ0n) is 14.4. The quantitative estimate of drug-likeness (QED) is 0.473. The predicted octanol–water partition coefficient (Wildman–Crippen LogP) is 3.30. The highest BCUT2D eigenvalue weighted by molar-refractivity contribution is 7.13. The third kappa shape index (κ3) is 3.63. The van der Waals surface area contributed by atoms with Crippen LogP contribution >= 0.6 is 11.3 Å². The molecule has 0 amide bonds. The SMILES string of the molecule is CCc1nnc(COC(=O)c2nc(-c3cccs3)n(-c3ccccc3)n2)o1. The number of rotatable bonds is 6. The Bertz CT molecular complexity index is 1040. The van der Waals surface area contributed by atoms with Crippen molar-refractivity contribution in [3.63, 3.8) is 0 Å². The Morgan fingerprint density at radius 2 is 1.96 bits per heavy atom. The van der Waals surface area contributed by atoms with Crippen molar-refractivity contribution in [1.29, 1.82) is 0 Å². The molecule has 0 radical (unpaired) electrons. The lowest BCUT2D eigenvalue weighted by Crippen LogP contribution is -2.08. The van der Waals surface area contributed by atoms with Gasteiger partial charge in [0.2, 0.25) is 5.89 Å². The minimum Gasteiger partial charge on any atom is -0.450 e. The van der Waals surface area contributed by atoms with E-state index < -0.39 is 5.97 Å². The molecule has 0 saturated heterocycles. The second-order valence-corrected chi connectivity index (χ2v) is 6.45. The zero-order chi connectivity index (χ0) is 18.6. The summed E-state index contributed by atoms with van der Waals surface area (Å²) < 4.78 is 12.2. The van der Waals surface area contributed by atoms with Crippen LogP contribution in [0.5, 0.6) is 0 Å². The Labute approximate surface area is 158 Å². The molecule has 0 bridgehead atoms. The molecular weight excluding hydrogens is 366 g/mol. The molecule has 0 atom stereocenters. The zero-order valence-corrected chi connectivity index (χ0v) is 15.2. The van der Waals surface area contributed by atoms with Gasteiger partial charge >= 0.3 is 5.97 Å². The molecule has 136 valence electrons. The van der Waals surface area contributed by atoms with Crippen molar-refractivity contribution in [1.82, 2.24) is 25.0 Å². The summed E-state index contributed by atoms with van der Waals surface area (Å²) in [7, 11) is 0. The van der Waals surface area contributed by atoms with Gasteiger partial charge in [-0.1, -0.05) is 31.2 Å². The van der Waals surface area contributed by atoms with Gasteiger partial charge in [0.05, 0.1) is 10.6 Å². The minimum absolute atomic E-state index is 0.0301. The first-order valence-corrected chi connectivity index (χ1v) is 9.17. The summed E-state index contributed by atoms with van der Waals surface area (Å²) in [6.07, 6.45) is 0.619. The van der Waals surface area contributed by atoms with E-state index in [2.05, 4.69) is 20.3 Å². The Kier molecular flexibility index (Phi) is 4.75. The first-order chi connectivity index (χ1) is 13.2. The maximum Gasteiger partial charge on any atom is 0.378 e. The van der Waals surface area contributed by atoms with E-state index in [0.717, 1.165) is 10.6 Å². The highest BCUT2D eigenvalue weighted by Gasteiger charge is 2.21. The van der Waals surface area contributed by atoms with Gasteiger partial charge in [0, 0.05) is 6.42 Å². The Balaban J connectivity index is 1.60. The van der Waals surface area contributed by atoms with Crippen LogP contribution in [0, 0.1) is 0 Å². The maximum absolute atomic E-state index is 12.4. The highest BCUT2D eigenvalue weighted by Crippen LogP contribution is 2.25. The third-order valence-electron chi connectivity index (χ3n) is 3.67. The number of nitrogens with zero attached hydrogens (tertiary/aromatic N) is 5. The molecule has 0 N–H and O–H groups in total. The lowest BCUT2D eigenvalue weighted by atomic mass is 10.3. The Morgan fingerprint density at radius 1 is 1.15 bits per heavy atom. The summed E-state index contributed by atoms with van der Waals surface area (Å²) in [6, 6.07) is 13.3. The van der Waals surface area contributed by atoms with Crippen LogP contribution in [0.2, 0.25) is 0 Å². The van der Waals surface area contributed by atoms with Crippen molar-refractivity contribution in [2.75, 3.05) is 0 Å². The van der Waals surface area contributed by atoms with E-state index in [1.807, 2.05) is 54.8 Å². The van der Waals surface area contributed by atoms with Crippen LogP contribution in [-0.4, -0.2) is 30.9 Å². The fourth-order valence-corrected chi connectivity index (χ4v) is 3.09. The van der Waals surface area contributed by atoms with Crippen molar-refractivity contribution in [3.05, 3.63) is 65.5 Å². The van der Waals surface area contributed by atoms with Crippen molar-refractivity contribution >= 4 is 17.3 Å². The van der Waals surface area contributed by atoms with Gasteiger partial charge in [-0.15, -0.1) is 26.6 Å². The van der Waals surface area contributed by atoms with Gasteiger partial charge in [-0.3, -0.25) is 0 Å². The van der Waals surface area contributed by atoms with Crippen molar-refractivity contribution in [3.8, 4) is 16.4 Å². The number of para-hydroxylation sites is 1. The van der Waals surface area contributed by atoms with Gasteiger partial charge in [-0.25, -0.2) is 9.48 Å². The Hall–Kier alpha value is -3.33. The Morgan fingerprint density at radius 3 is 2.67 bits per heavy atom. The van der Waals surface area contributed by atoms with Crippen molar-refractivity contribution in [2.45, 2.75) is 20.0 Å². The summed E-state index contributed by atoms with van der Waals surface area (Å²) in [6.45, 7) is 1.77. The molecule has 0 aliphatic heterocycles. The molecule has 4 aromatic rings. The molecule has 0 aliphatic carbocycles. The summed E-state index contributed by atoms with van der Waals surface area (Å²) in [5.41, 5.74) is 0.803. The van der Waals surface area contributed by atoms with Gasteiger partial charge in [0.25, 0.3) is 11.7 Å². The topological polar surface area (TPSA) is 95.9 Å². The lowest BCUT2D eigenvalue weighted by Gasteiger charge is -2.03. The monoisotopic (exact) mass is 381 g/mol. The van der Waals surface area contributed by atoms with E-state index in [1.165, 1.54) is 11.3 Å². The first kappa shape index (κ1) is 17.1. The number of hydrogen-bond donors (Lipinski definition) is 0. The van der Waals surface area contributed by atoms with Crippen molar-refractivity contribution < 1.29 is 13.9 Å². The lowest BCUT2D eigenvalue weighted by molar-refractivity contribution is 0.0422. The molecule has 0 aliphatic rings. The first-order valence-electron chi connectivity index (χ1n) is 8.29. The van der Waals surface area contributed by atoms with E-state index in [1.54, 1.807) is 4.68 Å². The molecule has 8 nitrogen and oxygen atoms in total. The maximum atomic E-state index is 12.4. The number of esters is 1. The molecule has 0 saturated carbocycles. The molecule has 27 heavy (non-hydrogen) atoms. The third-order valence-corrected chi connectivity index (χ3v) is 4.54. The standard InChI is InChI=1S/C18H15N5O3S/c1-2-14-20-21-15(26-14)11-25-18(24)16-19-17(13-9-6-10-27-13)23(22-16)12-7-4-3-5-8-12/h3-10H,2,11H2,1H3. The average molecular weight is 381 g/mol. The molecule has 0 unspecified atom stereocenters. The van der Waals surface area contributed by atoms with E-state index in [9.17, 15) is 4.79 Å². The number of thiophene rings is 1. The summed E-state index contributed by atoms with van der Waals surface area (Å²) in [5, 5.41) is 13.9. The van der Waals surface area contributed by atoms with Crippen LogP contribution < -0.4 is 0 Å². The second kappa shape index (κ2) is 7.50. The second-order valence-electron chi connectivity index (χ2n) is 5.50. The summed E-state index contributed by atoms with van der Waals surface area (Å²) in [5.74, 6) is 0.624. The van der Waals surface area contributed by atoms with Crippen LogP contribution in [0.25, 0.3) is 16.4 Å². The van der Waals surface area contributed by atoms with E-state index in [-0.39, 0.29) is 18.3 Å². The molecule has 0 spiro atoms. The van der Waals surface area contributed by atoms with Gasteiger partial charge in [0.15, 0.2) is 12.4 Å². The number of carbonyl (C=O) groups excluding carboxylic acids is 1. The summed E-state index contributed by atoms with van der Waals surface area (Å²) >= 11 is 1.52. The number of benzene rings is 1. The summed E-state index contributed by atoms with van der Waals surface area (Å²) in [4.78, 5) is 17.7. The van der Waals surface area contributed by atoms with Gasteiger partial charge < -0.3 is 9.15 Å². The average Bonchev–Trinajstić information content (AvgIpc) is 3.46. The van der Waals surface area contributed by atoms with E-state index in [0.29, 0.717) is 18.1 Å². The number of aryl methyl sites for hydroxylation is 1. The smallest absolute Gasteiger partial charge is 0.378 e. The van der Waals surface area contributed by atoms with Gasteiger partial charge in [-0.2, -0.15) is 4.98 Å². The van der Waals surface area contributed by atoms with Crippen LogP contribution in [0.1, 0.15) is 29.3 Å². The number of carbonyl (C=O) groups is 1. The molecule has 9 heteroatoms. The normalized spacial score (nSPS) is 10.9. The van der Waals surface area contributed by atoms with E-state index in [4.69, 9.17) is 9.15 Å². The van der Waals surface area contributed by atoms with Gasteiger partial charge in [-0.05, 0) is 23.6 Å². The molecule has 4 rings (SSSR count). The molecule has 3 aromatic heterocycles. The number of hydrogen-bond acceptors (Lipinski definition) is 8. The fourth-order valence-electron chi connectivity index (χ4n) is 2.39. The van der Waals surface area contributed by atoms with Crippen LogP contribution in [0.4, 0.5) is 0 Å². The molecule has 3 heterocycles. The number of ether oxygens (including phenoxy) is 1. The van der Waals surface area contributed by atoms with Crippen LogP contribution in [0.3, 0.4) is 0 Å². The fraction of sp³-hybridized carbons (Fsp3) is 0.167. The molecule has 0 fully saturated rings. The number of aromatic nitrogens is 5. The molecular formula is C18H15N5O3S.